The summed E-state index contributed by atoms with van der Waals surface area (Å²) >= 11 is 1.33. The van der Waals surface area contributed by atoms with Crippen molar-refractivity contribution < 1.29 is 9.59 Å². The molecule has 0 saturated carbocycles. The number of aromatic nitrogens is 2. The number of aryl methyl sites for hydroxylation is 1. The molecule has 2 rings (SSSR count). The molecule has 2 amide bonds. The average Bonchev–Trinajstić information content (AvgIpc) is 2.97. The van der Waals surface area contributed by atoms with E-state index in [-0.39, 0.29) is 18.4 Å². The molecule has 2 heterocycles. The van der Waals surface area contributed by atoms with Crippen molar-refractivity contribution in [3.05, 3.63) is 28.2 Å². The van der Waals surface area contributed by atoms with Crippen LogP contribution in [0.25, 0.3) is 0 Å². The normalized spacial score (nSPS) is 10.3. The molecule has 0 fully saturated rings. The molecule has 2 aromatic rings. The van der Waals surface area contributed by atoms with Crippen LogP contribution in [0, 0.1) is 6.92 Å². The highest BCUT2D eigenvalue weighted by atomic mass is 32.1. The van der Waals surface area contributed by atoms with Crippen LogP contribution < -0.4 is 16.4 Å². The summed E-state index contributed by atoms with van der Waals surface area (Å²) in [6.45, 7) is 1.97. The maximum atomic E-state index is 12.0. The molecular weight excluding hydrogens is 278 g/mol. The number of hydrogen-bond donors (Lipinski definition) is 3. The van der Waals surface area contributed by atoms with E-state index >= 15 is 0 Å². The van der Waals surface area contributed by atoms with Gasteiger partial charge >= 0.3 is 0 Å². The predicted octanol–water partition coefficient (Wildman–Crippen LogP) is 0.834. The van der Waals surface area contributed by atoms with Gasteiger partial charge in [0.25, 0.3) is 5.91 Å². The minimum Gasteiger partial charge on any atom is -0.398 e. The van der Waals surface area contributed by atoms with E-state index in [1.165, 1.54) is 22.2 Å². The fraction of sp³-hybridized carbons (Fsp3) is 0.250. The van der Waals surface area contributed by atoms with Crippen molar-refractivity contribution in [2.24, 2.45) is 0 Å². The topological polar surface area (TPSA) is 102 Å². The summed E-state index contributed by atoms with van der Waals surface area (Å²) in [6, 6.07) is 1.64. The number of nitrogen functional groups attached to an aromatic ring is 1. The summed E-state index contributed by atoms with van der Waals surface area (Å²) in [5.41, 5.74) is 6.85. The summed E-state index contributed by atoms with van der Waals surface area (Å²) in [5.74, 6) is -0.401. The first-order valence-electron chi connectivity index (χ1n) is 5.90. The van der Waals surface area contributed by atoms with E-state index in [1.807, 2.05) is 6.92 Å². The van der Waals surface area contributed by atoms with Crippen molar-refractivity contribution in [3.8, 4) is 0 Å². The van der Waals surface area contributed by atoms with Crippen LogP contribution >= 0.6 is 11.3 Å². The molecule has 0 bridgehead atoms. The van der Waals surface area contributed by atoms with Crippen molar-refractivity contribution in [3.63, 3.8) is 0 Å². The van der Waals surface area contributed by atoms with Crippen molar-refractivity contribution in [2.75, 3.05) is 18.1 Å². The lowest BCUT2D eigenvalue weighted by molar-refractivity contribution is -0.121. The Labute approximate surface area is 119 Å². The molecule has 8 heteroatoms. The molecular formula is C12H15N5O2S. The van der Waals surface area contributed by atoms with Crippen LogP contribution in [0.1, 0.15) is 14.5 Å². The molecule has 0 aromatic carbocycles. The molecule has 0 saturated heterocycles. The molecule has 20 heavy (non-hydrogen) atoms. The van der Waals surface area contributed by atoms with Gasteiger partial charge in [0, 0.05) is 23.8 Å². The number of nitrogens with one attached hydrogen (secondary N) is 2. The van der Waals surface area contributed by atoms with E-state index in [1.54, 1.807) is 19.3 Å². The molecule has 0 spiro atoms. The minimum absolute atomic E-state index is 0.109. The Hall–Kier alpha value is -2.35. The highest BCUT2D eigenvalue weighted by Crippen LogP contribution is 2.24. The number of nitrogens with zero attached hydrogens (tertiary/aromatic N) is 2. The van der Waals surface area contributed by atoms with Gasteiger partial charge in [-0.05, 0) is 13.0 Å². The predicted molar refractivity (Wildman–Crippen MR) is 77.7 cm³/mol. The average molecular weight is 293 g/mol. The maximum Gasteiger partial charge on any atom is 0.265 e. The van der Waals surface area contributed by atoms with Gasteiger partial charge in [-0.25, -0.2) is 0 Å². The second-order valence-corrected chi connectivity index (χ2v) is 5.43. The first-order chi connectivity index (χ1) is 9.49. The van der Waals surface area contributed by atoms with Crippen molar-refractivity contribution >= 4 is 34.5 Å². The van der Waals surface area contributed by atoms with Gasteiger partial charge in [-0.1, -0.05) is 0 Å². The fourth-order valence-electron chi connectivity index (χ4n) is 1.54. The standard InChI is InChI=1S/C12H15N5O2S/c1-7-9(13)3-10(20-7)12(19)16-8-4-15-17(5-8)6-11(18)14-2/h3-5H,6,13H2,1-2H3,(H,14,18)(H,16,19). The van der Waals surface area contributed by atoms with E-state index in [2.05, 4.69) is 15.7 Å². The molecule has 106 valence electrons. The second-order valence-electron chi connectivity index (χ2n) is 4.18. The molecule has 4 N–H and O–H groups in total. The summed E-state index contributed by atoms with van der Waals surface area (Å²) < 4.78 is 1.45. The fourth-order valence-corrected chi connectivity index (χ4v) is 2.38. The van der Waals surface area contributed by atoms with Crippen molar-refractivity contribution in [1.29, 1.82) is 0 Å². The number of amides is 2. The number of hydrogen-bond acceptors (Lipinski definition) is 5. The number of rotatable bonds is 4. The number of thiophene rings is 1. The van der Waals surface area contributed by atoms with Crippen LogP contribution in [0.5, 0.6) is 0 Å². The third kappa shape index (κ3) is 3.15. The summed E-state index contributed by atoms with van der Waals surface area (Å²) in [4.78, 5) is 24.6. The summed E-state index contributed by atoms with van der Waals surface area (Å²) in [7, 11) is 1.55. The van der Waals surface area contributed by atoms with E-state index in [0.29, 0.717) is 16.3 Å². The largest absolute Gasteiger partial charge is 0.398 e. The van der Waals surface area contributed by atoms with Crippen LogP contribution in [0.15, 0.2) is 18.5 Å². The van der Waals surface area contributed by atoms with E-state index in [4.69, 9.17) is 5.73 Å². The van der Waals surface area contributed by atoms with Gasteiger partial charge in [-0.2, -0.15) is 5.10 Å². The first kappa shape index (κ1) is 14.1. The lowest BCUT2D eigenvalue weighted by Gasteiger charge is -2.00. The maximum absolute atomic E-state index is 12.0. The molecule has 7 nitrogen and oxygen atoms in total. The van der Waals surface area contributed by atoms with Crippen LogP contribution in [-0.4, -0.2) is 28.6 Å². The lowest BCUT2D eigenvalue weighted by atomic mass is 10.3. The number of carbonyl (C=O) groups is 2. The first-order valence-corrected chi connectivity index (χ1v) is 6.71. The highest BCUT2D eigenvalue weighted by molar-refractivity contribution is 7.14. The number of nitrogens with two attached hydrogens (primary N) is 1. The van der Waals surface area contributed by atoms with E-state index in [0.717, 1.165) is 4.88 Å². The smallest absolute Gasteiger partial charge is 0.265 e. The van der Waals surface area contributed by atoms with Crippen LogP contribution in [0.4, 0.5) is 11.4 Å². The Morgan fingerprint density at radius 2 is 2.25 bits per heavy atom. The van der Waals surface area contributed by atoms with Crippen LogP contribution in [0.3, 0.4) is 0 Å². The van der Waals surface area contributed by atoms with Gasteiger partial charge in [0.15, 0.2) is 0 Å². The summed E-state index contributed by atoms with van der Waals surface area (Å²) in [6.07, 6.45) is 3.08. The molecule has 0 radical (unpaired) electrons. The monoisotopic (exact) mass is 293 g/mol. The molecule has 0 aliphatic carbocycles. The Bertz CT molecular complexity index is 627. The Morgan fingerprint density at radius 3 is 2.85 bits per heavy atom. The zero-order valence-electron chi connectivity index (χ0n) is 11.1. The molecule has 0 aliphatic rings. The Morgan fingerprint density at radius 1 is 1.50 bits per heavy atom. The minimum atomic E-state index is -0.241. The third-order valence-electron chi connectivity index (χ3n) is 2.66. The van der Waals surface area contributed by atoms with Gasteiger partial charge in [0.2, 0.25) is 5.91 Å². The van der Waals surface area contributed by atoms with E-state index in [9.17, 15) is 9.59 Å². The Balaban J connectivity index is 2.03. The number of carbonyl (C=O) groups excluding carboxylic acids is 2. The van der Waals surface area contributed by atoms with Gasteiger partial charge in [0.1, 0.15) is 6.54 Å². The van der Waals surface area contributed by atoms with Gasteiger partial charge < -0.3 is 16.4 Å². The SMILES string of the molecule is CNC(=O)Cn1cc(NC(=O)c2cc(N)c(C)s2)cn1. The quantitative estimate of drug-likeness (QED) is 0.777. The lowest BCUT2D eigenvalue weighted by Crippen LogP contribution is -2.23. The third-order valence-corrected chi connectivity index (χ3v) is 3.72. The van der Waals surface area contributed by atoms with Gasteiger partial charge in [0.05, 0.1) is 16.8 Å². The second kappa shape index (κ2) is 5.74. The molecule has 2 aromatic heterocycles. The summed E-state index contributed by atoms with van der Waals surface area (Å²) in [5, 5.41) is 9.20. The van der Waals surface area contributed by atoms with Gasteiger partial charge in [-0.15, -0.1) is 11.3 Å². The highest BCUT2D eigenvalue weighted by Gasteiger charge is 2.12. The van der Waals surface area contributed by atoms with Crippen LogP contribution in [-0.2, 0) is 11.3 Å². The zero-order chi connectivity index (χ0) is 14.7. The Kier molecular flexibility index (Phi) is 4.04. The van der Waals surface area contributed by atoms with Crippen LogP contribution in [0.2, 0.25) is 0 Å². The number of likely N-dealkylation sites (N-methyl/N-ethyl adjacent to an activating group) is 1. The zero-order valence-corrected chi connectivity index (χ0v) is 12.0. The molecule has 0 unspecified atom stereocenters. The number of anilines is 2. The van der Waals surface area contributed by atoms with Crippen molar-refractivity contribution in [1.82, 2.24) is 15.1 Å². The van der Waals surface area contributed by atoms with Gasteiger partial charge in [-0.3, -0.25) is 14.3 Å². The molecule has 0 atom stereocenters. The van der Waals surface area contributed by atoms with Crippen molar-refractivity contribution in [2.45, 2.75) is 13.5 Å². The van der Waals surface area contributed by atoms with E-state index < -0.39 is 0 Å². The molecule has 0 aliphatic heterocycles.